The van der Waals surface area contributed by atoms with Gasteiger partial charge in [-0.25, -0.2) is 9.37 Å². The van der Waals surface area contributed by atoms with E-state index in [1.807, 2.05) is 0 Å². The van der Waals surface area contributed by atoms with Crippen LogP contribution in [0.3, 0.4) is 0 Å². The average molecular weight is 366 g/mol. The molecule has 0 aliphatic carbocycles. The highest BCUT2D eigenvalue weighted by atomic mass is 32.1. The molecule has 0 fully saturated rings. The maximum atomic E-state index is 12.9. The number of ether oxygens (including phenoxy) is 2. The smallest absolute Gasteiger partial charge is 0.311 e. The van der Waals surface area contributed by atoms with Crippen LogP contribution < -0.4 is 10.1 Å². The molecule has 0 aliphatic rings. The molecule has 0 aliphatic heterocycles. The van der Waals surface area contributed by atoms with Crippen molar-refractivity contribution in [2.24, 2.45) is 0 Å². The summed E-state index contributed by atoms with van der Waals surface area (Å²) in [4.78, 5) is 28.0. The topological polar surface area (TPSA) is 77.5 Å². The minimum absolute atomic E-state index is 0.0513. The lowest BCUT2D eigenvalue weighted by Crippen LogP contribution is -2.42. The van der Waals surface area contributed by atoms with Gasteiger partial charge in [0.25, 0.3) is 5.91 Å². The van der Waals surface area contributed by atoms with E-state index in [1.54, 1.807) is 26.2 Å². The summed E-state index contributed by atoms with van der Waals surface area (Å²) < 4.78 is 23.4. The van der Waals surface area contributed by atoms with Crippen molar-refractivity contribution in [2.75, 3.05) is 11.9 Å². The Labute approximate surface area is 149 Å². The molecule has 1 aromatic heterocycles. The number of amides is 1. The third-order valence-electron chi connectivity index (χ3n) is 3.14. The Morgan fingerprint density at radius 1 is 1.28 bits per heavy atom. The van der Waals surface area contributed by atoms with E-state index in [4.69, 9.17) is 9.47 Å². The Morgan fingerprint density at radius 3 is 2.60 bits per heavy atom. The summed E-state index contributed by atoms with van der Waals surface area (Å²) in [5.41, 5.74) is -0.666. The highest BCUT2D eigenvalue weighted by molar-refractivity contribution is 7.13. The molecule has 1 aromatic carbocycles. The summed E-state index contributed by atoms with van der Waals surface area (Å²) in [6.07, 6.45) is 0.0513. The number of hydrogen-bond donors (Lipinski definition) is 1. The quantitative estimate of drug-likeness (QED) is 0.762. The summed E-state index contributed by atoms with van der Waals surface area (Å²) in [5, 5.41) is 4.70. The Balaban J connectivity index is 1.97. The molecule has 2 aromatic rings. The molecule has 1 heterocycles. The van der Waals surface area contributed by atoms with Crippen LogP contribution in [0.5, 0.6) is 5.75 Å². The van der Waals surface area contributed by atoms with Gasteiger partial charge in [0, 0.05) is 5.38 Å². The number of nitrogens with one attached hydrogen (secondary N) is 1. The zero-order valence-corrected chi connectivity index (χ0v) is 15.0. The second kappa shape index (κ2) is 8.06. The van der Waals surface area contributed by atoms with Crippen LogP contribution in [0.15, 0.2) is 29.6 Å². The molecule has 25 heavy (non-hydrogen) atoms. The predicted molar refractivity (Wildman–Crippen MR) is 92.2 cm³/mol. The molecular weight excluding hydrogens is 347 g/mol. The molecule has 134 valence electrons. The van der Waals surface area contributed by atoms with E-state index < -0.39 is 11.5 Å². The van der Waals surface area contributed by atoms with Crippen LogP contribution in [0.4, 0.5) is 9.52 Å². The summed E-state index contributed by atoms with van der Waals surface area (Å²) in [6.45, 7) is 5.23. The van der Waals surface area contributed by atoms with Crippen LogP contribution in [0.1, 0.15) is 26.5 Å². The van der Waals surface area contributed by atoms with E-state index in [-0.39, 0.29) is 18.2 Å². The van der Waals surface area contributed by atoms with Crippen molar-refractivity contribution in [1.82, 2.24) is 4.98 Å². The minimum Gasteiger partial charge on any atom is -0.478 e. The van der Waals surface area contributed by atoms with Crippen LogP contribution in [0.2, 0.25) is 0 Å². The average Bonchev–Trinajstić information content (AvgIpc) is 2.96. The summed E-state index contributed by atoms with van der Waals surface area (Å²) in [7, 11) is 0. The number of halogens is 1. The second-order valence-corrected chi connectivity index (χ2v) is 6.50. The van der Waals surface area contributed by atoms with E-state index in [1.165, 1.54) is 35.6 Å². The Morgan fingerprint density at radius 2 is 1.96 bits per heavy atom. The van der Waals surface area contributed by atoms with Crippen molar-refractivity contribution in [1.29, 1.82) is 0 Å². The first-order chi connectivity index (χ1) is 11.8. The van der Waals surface area contributed by atoms with Gasteiger partial charge in [-0.05, 0) is 45.0 Å². The van der Waals surface area contributed by atoms with Gasteiger partial charge in [0.05, 0.1) is 18.7 Å². The molecule has 0 unspecified atom stereocenters. The van der Waals surface area contributed by atoms with Crippen LogP contribution in [0.25, 0.3) is 0 Å². The summed E-state index contributed by atoms with van der Waals surface area (Å²) in [5.74, 6) is -0.783. The lowest BCUT2D eigenvalue weighted by atomic mass is 10.1. The fourth-order valence-corrected chi connectivity index (χ4v) is 2.60. The number of carbonyl (C=O) groups is 2. The van der Waals surface area contributed by atoms with E-state index >= 15 is 0 Å². The monoisotopic (exact) mass is 366 g/mol. The molecule has 0 spiro atoms. The first kappa shape index (κ1) is 18.9. The maximum Gasteiger partial charge on any atom is 0.311 e. The van der Waals surface area contributed by atoms with Crippen molar-refractivity contribution in [2.45, 2.75) is 32.8 Å². The number of rotatable bonds is 7. The van der Waals surface area contributed by atoms with Gasteiger partial charge >= 0.3 is 5.97 Å². The molecule has 2 rings (SSSR count). The second-order valence-electron chi connectivity index (χ2n) is 5.65. The van der Waals surface area contributed by atoms with Crippen molar-refractivity contribution in [3.63, 3.8) is 0 Å². The molecule has 0 saturated heterocycles. The summed E-state index contributed by atoms with van der Waals surface area (Å²) >= 11 is 1.21. The molecule has 0 bridgehead atoms. The molecule has 1 N–H and O–H groups in total. The SMILES string of the molecule is CCOC(=O)Cc1csc(NC(=O)C(C)(C)Oc2ccc(F)cc2)n1. The van der Waals surface area contributed by atoms with Crippen molar-refractivity contribution < 1.29 is 23.5 Å². The van der Waals surface area contributed by atoms with E-state index in [9.17, 15) is 14.0 Å². The first-order valence-electron chi connectivity index (χ1n) is 7.66. The highest BCUT2D eigenvalue weighted by Crippen LogP contribution is 2.22. The van der Waals surface area contributed by atoms with Crippen molar-refractivity contribution in [3.05, 3.63) is 41.2 Å². The first-order valence-corrected chi connectivity index (χ1v) is 8.54. The third-order valence-corrected chi connectivity index (χ3v) is 3.94. The number of esters is 1. The van der Waals surface area contributed by atoms with Gasteiger partial charge < -0.3 is 9.47 Å². The van der Waals surface area contributed by atoms with E-state index in [0.717, 1.165) is 0 Å². The fourth-order valence-electron chi connectivity index (χ4n) is 1.90. The standard InChI is InChI=1S/C17H19FN2O4S/c1-4-23-14(21)9-12-10-25-16(19-12)20-15(22)17(2,3)24-13-7-5-11(18)6-8-13/h5-8,10H,4,9H2,1-3H3,(H,19,20,22). The van der Waals surface area contributed by atoms with Gasteiger partial charge in [-0.1, -0.05) is 0 Å². The summed E-state index contributed by atoms with van der Waals surface area (Å²) in [6, 6.07) is 5.41. The van der Waals surface area contributed by atoms with Gasteiger partial charge in [0.2, 0.25) is 0 Å². The maximum absolute atomic E-state index is 12.9. The van der Waals surface area contributed by atoms with Gasteiger partial charge in [-0.3, -0.25) is 14.9 Å². The number of benzene rings is 1. The fraction of sp³-hybridized carbons (Fsp3) is 0.353. The van der Waals surface area contributed by atoms with Gasteiger partial charge in [-0.15, -0.1) is 11.3 Å². The molecule has 0 saturated carbocycles. The third kappa shape index (κ3) is 5.53. The Hall–Kier alpha value is -2.48. The van der Waals surface area contributed by atoms with Crippen molar-refractivity contribution >= 4 is 28.3 Å². The van der Waals surface area contributed by atoms with Gasteiger partial charge in [0.1, 0.15) is 11.6 Å². The predicted octanol–water partition coefficient (Wildman–Crippen LogP) is 3.18. The highest BCUT2D eigenvalue weighted by Gasteiger charge is 2.30. The van der Waals surface area contributed by atoms with Crippen LogP contribution in [-0.2, 0) is 20.7 Å². The molecule has 0 atom stereocenters. The van der Waals surface area contributed by atoms with Crippen LogP contribution in [0, 0.1) is 5.82 Å². The van der Waals surface area contributed by atoms with E-state index in [0.29, 0.717) is 23.2 Å². The number of anilines is 1. The molecule has 1 amide bonds. The van der Waals surface area contributed by atoms with Crippen molar-refractivity contribution in [3.8, 4) is 5.75 Å². The van der Waals surface area contributed by atoms with E-state index in [2.05, 4.69) is 10.3 Å². The number of carbonyl (C=O) groups excluding carboxylic acids is 2. The molecule has 6 nitrogen and oxygen atoms in total. The van der Waals surface area contributed by atoms with Gasteiger partial charge in [0.15, 0.2) is 10.7 Å². The lowest BCUT2D eigenvalue weighted by molar-refractivity contribution is -0.142. The molecular formula is C17H19FN2O4S. The normalized spacial score (nSPS) is 11.0. The molecule has 8 heteroatoms. The molecule has 0 radical (unpaired) electrons. The zero-order chi connectivity index (χ0) is 18.4. The minimum atomic E-state index is -1.19. The Kier molecular flexibility index (Phi) is 6.08. The largest absolute Gasteiger partial charge is 0.478 e. The Bertz CT molecular complexity index is 743. The van der Waals surface area contributed by atoms with Crippen LogP contribution >= 0.6 is 11.3 Å². The zero-order valence-electron chi connectivity index (χ0n) is 14.2. The number of hydrogen-bond acceptors (Lipinski definition) is 6. The van der Waals surface area contributed by atoms with Gasteiger partial charge in [-0.2, -0.15) is 0 Å². The van der Waals surface area contributed by atoms with Crippen LogP contribution in [-0.4, -0.2) is 29.1 Å². The number of aromatic nitrogens is 1. The lowest BCUT2D eigenvalue weighted by Gasteiger charge is -2.24. The number of thiazole rings is 1. The number of nitrogens with zero attached hydrogens (tertiary/aromatic N) is 1.